The van der Waals surface area contributed by atoms with Crippen LogP contribution in [0.15, 0.2) is 77.2 Å². The number of ether oxygens (including phenoxy) is 1. The number of aryl methyl sites for hydroxylation is 1. The van der Waals surface area contributed by atoms with Crippen LogP contribution in [0.25, 0.3) is 11.5 Å². The van der Waals surface area contributed by atoms with Crippen molar-refractivity contribution in [2.75, 3.05) is 24.0 Å². The summed E-state index contributed by atoms with van der Waals surface area (Å²) in [5.41, 5.74) is 2.19. The fourth-order valence-electron chi connectivity index (χ4n) is 4.84. The molecule has 0 bridgehead atoms. The molecule has 5 rings (SSSR count). The molecule has 1 aromatic heterocycles. The first-order valence-electron chi connectivity index (χ1n) is 13.3. The third-order valence-electron chi connectivity index (χ3n) is 6.98. The van der Waals surface area contributed by atoms with Crippen molar-refractivity contribution in [3.63, 3.8) is 0 Å². The SMILES string of the molecule is Cc1oc(-c2ccc(C(F)(F)F)cc2)nc1CCOc1cccc(CN(CC(=O)O)S(=O)(=O)N2CCc3ccccc32)c1. The molecule has 0 spiro atoms. The van der Waals surface area contributed by atoms with Gasteiger partial charge in [0, 0.05) is 25.1 Å². The van der Waals surface area contributed by atoms with Crippen molar-refractivity contribution in [3.8, 4) is 17.2 Å². The molecule has 3 aromatic carbocycles. The van der Waals surface area contributed by atoms with E-state index < -0.39 is 34.5 Å². The van der Waals surface area contributed by atoms with E-state index in [-0.39, 0.29) is 25.6 Å². The fourth-order valence-corrected chi connectivity index (χ4v) is 6.46. The lowest BCUT2D eigenvalue weighted by molar-refractivity contribution is -0.138. The predicted molar refractivity (Wildman–Crippen MR) is 152 cm³/mol. The molecule has 4 aromatic rings. The van der Waals surface area contributed by atoms with E-state index >= 15 is 0 Å². The highest BCUT2D eigenvalue weighted by Gasteiger charge is 2.35. The Kier molecular flexibility index (Phi) is 8.47. The normalized spacial score (nSPS) is 13.4. The molecule has 1 aliphatic rings. The van der Waals surface area contributed by atoms with Crippen molar-refractivity contribution in [2.24, 2.45) is 0 Å². The van der Waals surface area contributed by atoms with Gasteiger partial charge in [-0.3, -0.25) is 9.10 Å². The number of aliphatic carboxylic acids is 1. The van der Waals surface area contributed by atoms with Crippen molar-refractivity contribution in [2.45, 2.75) is 32.5 Å². The molecule has 1 aliphatic heterocycles. The summed E-state index contributed by atoms with van der Waals surface area (Å²) in [6, 6.07) is 18.4. The first kappa shape index (κ1) is 30.1. The van der Waals surface area contributed by atoms with Gasteiger partial charge in [-0.15, -0.1) is 0 Å². The maximum absolute atomic E-state index is 13.5. The van der Waals surface area contributed by atoms with Gasteiger partial charge in [-0.05, 0) is 66.9 Å². The van der Waals surface area contributed by atoms with E-state index in [0.717, 1.165) is 22.0 Å². The van der Waals surface area contributed by atoms with Crippen LogP contribution in [0, 0.1) is 6.92 Å². The van der Waals surface area contributed by atoms with Gasteiger partial charge in [0.1, 0.15) is 18.1 Å². The Bertz CT molecular complexity index is 1720. The van der Waals surface area contributed by atoms with Crippen molar-refractivity contribution in [1.82, 2.24) is 9.29 Å². The van der Waals surface area contributed by atoms with Gasteiger partial charge in [-0.25, -0.2) is 4.98 Å². The van der Waals surface area contributed by atoms with E-state index in [9.17, 15) is 31.5 Å². The number of aromatic nitrogens is 1. The molecule has 226 valence electrons. The van der Waals surface area contributed by atoms with Gasteiger partial charge >= 0.3 is 22.4 Å². The summed E-state index contributed by atoms with van der Waals surface area (Å²) in [5, 5.41) is 9.48. The molecule has 13 heteroatoms. The highest BCUT2D eigenvalue weighted by molar-refractivity contribution is 7.90. The van der Waals surface area contributed by atoms with Crippen LogP contribution < -0.4 is 9.04 Å². The number of hydrogen-bond acceptors (Lipinski definition) is 6. The minimum atomic E-state index is -4.44. The summed E-state index contributed by atoms with van der Waals surface area (Å²) in [6.45, 7) is 1.23. The summed E-state index contributed by atoms with van der Waals surface area (Å²) in [6.07, 6.45) is -3.56. The molecular weight excluding hydrogens is 587 g/mol. The zero-order valence-corrected chi connectivity index (χ0v) is 23.9. The van der Waals surface area contributed by atoms with Gasteiger partial charge in [0.15, 0.2) is 0 Å². The molecule has 0 amide bonds. The van der Waals surface area contributed by atoms with Crippen LogP contribution in [0.2, 0.25) is 0 Å². The van der Waals surface area contributed by atoms with Gasteiger partial charge in [-0.1, -0.05) is 30.3 Å². The minimum Gasteiger partial charge on any atom is -0.493 e. The zero-order valence-electron chi connectivity index (χ0n) is 23.0. The average Bonchev–Trinajstić information content (AvgIpc) is 3.56. The van der Waals surface area contributed by atoms with E-state index in [2.05, 4.69) is 4.98 Å². The molecule has 2 heterocycles. The van der Waals surface area contributed by atoms with Gasteiger partial charge < -0.3 is 14.3 Å². The Hall–Kier alpha value is -4.36. The zero-order chi connectivity index (χ0) is 30.8. The van der Waals surface area contributed by atoms with Crippen LogP contribution in [-0.4, -0.2) is 48.5 Å². The summed E-state index contributed by atoms with van der Waals surface area (Å²) < 4.78 is 79.4. The lowest BCUT2D eigenvalue weighted by Crippen LogP contribution is -2.45. The third kappa shape index (κ3) is 6.83. The number of nitrogens with zero attached hydrogens (tertiary/aromatic N) is 3. The molecule has 9 nitrogen and oxygen atoms in total. The minimum absolute atomic E-state index is 0.177. The number of carboxylic acids is 1. The smallest absolute Gasteiger partial charge is 0.416 e. The van der Waals surface area contributed by atoms with Crippen LogP contribution in [0.1, 0.15) is 28.1 Å². The van der Waals surface area contributed by atoms with E-state index in [1.165, 1.54) is 16.4 Å². The van der Waals surface area contributed by atoms with Crippen molar-refractivity contribution >= 4 is 21.9 Å². The molecule has 0 radical (unpaired) electrons. The number of anilines is 1. The van der Waals surface area contributed by atoms with Gasteiger partial charge in [0.25, 0.3) is 0 Å². The number of carbonyl (C=O) groups is 1. The molecule has 0 fully saturated rings. The number of alkyl halides is 3. The lowest BCUT2D eigenvalue weighted by atomic mass is 10.1. The van der Waals surface area contributed by atoms with Gasteiger partial charge in [-0.2, -0.15) is 25.9 Å². The fraction of sp³-hybridized carbons (Fsp3) is 0.267. The Labute approximate surface area is 246 Å². The lowest BCUT2D eigenvalue weighted by Gasteiger charge is -2.28. The van der Waals surface area contributed by atoms with Crippen LogP contribution in [0.4, 0.5) is 18.9 Å². The summed E-state index contributed by atoms with van der Waals surface area (Å²) in [7, 11) is -4.14. The second-order valence-electron chi connectivity index (χ2n) is 9.96. The summed E-state index contributed by atoms with van der Waals surface area (Å²) >= 11 is 0. The Morgan fingerprint density at radius 1 is 1.09 bits per heavy atom. The number of benzene rings is 3. The number of para-hydroxylation sites is 1. The van der Waals surface area contributed by atoms with E-state index in [4.69, 9.17) is 9.15 Å². The molecule has 0 unspecified atom stereocenters. The molecule has 0 atom stereocenters. The highest BCUT2D eigenvalue weighted by atomic mass is 32.2. The van der Waals surface area contributed by atoms with E-state index in [1.54, 1.807) is 43.3 Å². The van der Waals surface area contributed by atoms with Crippen molar-refractivity contribution in [3.05, 3.63) is 101 Å². The third-order valence-corrected chi connectivity index (χ3v) is 8.82. The number of carboxylic acid groups (broad SMARTS) is 1. The second kappa shape index (κ2) is 12.1. The number of fused-ring (bicyclic) bond motifs is 1. The van der Waals surface area contributed by atoms with Gasteiger partial charge in [0.2, 0.25) is 5.89 Å². The van der Waals surface area contributed by atoms with Crippen molar-refractivity contribution < 1.29 is 40.6 Å². The quantitative estimate of drug-likeness (QED) is 0.238. The molecule has 1 N–H and O–H groups in total. The van der Waals surface area contributed by atoms with E-state index in [0.29, 0.717) is 46.9 Å². The maximum atomic E-state index is 13.5. The summed E-state index contributed by atoms with van der Waals surface area (Å²) in [4.78, 5) is 16.0. The Morgan fingerprint density at radius 2 is 1.84 bits per heavy atom. The monoisotopic (exact) mass is 615 g/mol. The average molecular weight is 616 g/mol. The molecule has 0 saturated carbocycles. The standard InChI is InChI=1S/C30H28F3N3O6S/c1-20-26(34-29(42-20)23-9-11-24(12-10-23)30(31,32)33)14-16-41-25-7-4-5-21(17-25)18-35(19-28(37)38)43(39,40)36-15-13-22-6-2-3-8-27(22)36/h2-12,17H,13-16,18-19H2,1H3,(H,37,38). The topological polar surface area (TPSA) is 113 Å². The molecule has 43 heavy (non-hydrogen) atoms. The largest absolute Gasteiger partial charge is 0.493 e. The Morgan fingerprint density at radius 3 is 2.56 bits per heavy atom. The molecule has 0 aliphatic carbocycles. The number of halogens is 3. The van der Waals surface area contributed by atoms with Crippen LogP contribution in [0.3, 0.4) is 0 Å². The maximum Gasteiger partial charge on any atom is 0.416 e. The van der Waals surface area contributed by atoms with Crippen molar-refractivity contribution in [1.29, 1.82) is 0 Å². The van der Waals surface area contributed by atoms with Crippen LogP contribution in [0.5, 0.6) is 5.75 Å². The highest BCUT2D eigenvalue weighted by Crippen LogP contribution is 2.33. The first-order valence-corrected chi connectivity index (χ1v) is 14.7. The number of rotatable bonds is 11. The Balaban J connectivity index is 1.24. The van der Waals surface area contributed by atoms with Gasteiger partial charge in [0.05, 0.1) is 23.6 Å². The molecular formula is C30H28F3N3O6S. The first-order chi connectivity index (χ1) is 20.4. The predicted octanol–water partition coefficient (Wildman–Crippen LogP) is 5.48. The van der Waals surface area contributed by atoms with Crippen LogP contribution >= 0.6 is 0 Å². The number of hydrogen-bond donors (Lipinski definition) is 1. The molecule has 0 saturated heterocycles. The summed E-state index contributed by atoms with van der Waals surface area (Å²) in [5.74, 6) is -0.128. The van der Waals surface area contributed by atoms with E-state index in [1.807, 2.05) is 12.1 Å². The van der Waals surface area contributed by atoms with Crippen LogP contribution in [-0.2, 0) is 40.6 Å². The number of oxazole rings is 1. The second-order valence-corrected chi connectivity index (χ2v) is 11.8.